The molecule has 2 aliphatic rings. The lowest BCUT2D eigenvalue weighted by molar-refractivity contribution is -0.144. The Morgan fingerprint density at radius 3 is 2.11 bits per heavy atom. The average molecular weight is 253 g/mol. The van der Waals surface area contributed by atoms with Crippen LogP contribution in [0.3, 0.4) is 0 Å². The summed E-state index contributed by atoms with van der Waals surface area (Å²) >= 11 is 0. The number of piperidine rings is 1. The van der Waals surface area contributed by atoms with E-state index < -0.39 is 0 Å². The molecule has 18 heavy (non-hydrogen) atoms. The first-order valence-electron chi connectivity index (χ1n) is 6.93. The summed E-state index contributed by atoms with van der Waals surface area (Å²) in [6, 6.07) is 0.478. The minimum absolute atomic E-state index is 0.00666. The molecule has 0 N–H and O–H groups in total. The average Bonchev–Trinajstić information content (AvgIpc) is 2.72. The van der Waals surface area contributed by atoms with Crippen molar-refractivity contribution in [2.24, 2.45) is 23.2 Å². The molecule has 1 aliphatic heterocycles. The first kappa shape index (κ1) is 13.9. The molecule has 1 saturated carbocycles. The van der Waals surface area contributed by atoms with Gasteiger partial charge in [0.05, 0.1) is 13.0 Å². The molecular weight excluding hydrogens is 226 g/mol. The normalized spacial score (nSPS) is 36.4. The first-order valence-corrected chi connectivity index (χ1v) is 6.93. The lowest BCUT2D eigenvalue weighted by Crippen LogP contribution is -2.52. The SMILES string of the molecule is COC(=O)[C@H]1[C@@H]2CN(C(C)(C)C)C(C(C)(C)C)[C@@H]21. The van der Waals surface area contributed by atoms with E-state index in [1.54, 1.807) is 0 Å². The molecule has 3 heteroatoms. The zero-order chi connectivity index (χ0) is 13.9. The molecule has 0 amide bonds. The van der Waals surface area contributed by atoms with Crippen molar-refractivity contribution in [2.45, 2.75) is 53.1 Å². The van der Waals surface area contributed by atoms with E-state index in [2.05, 4.69) is 46.4 Å². The van der Waals surface area contributed by atoms with Crippen LogP contribution in [0.4, 0.5) is 0 Å². The largest absolute Gasteiger partial charge is 0.469 e. The first-order chi connectivity index (χ1) is 8.09. The van der Waals surface area contributed by atoms with Gasteiger partial charge in [0, 0.05) is 18.1 Å². The highest BCUT2D eigenvalue weighted by Crippen LogP contribution is 2.60. The van der Waals surface area contributed by atoms with Crippen LogP contribution >= 0.6 is 0 Å². The third-order valence-electron chi connectivity index (χ3n) is 4.56. The maximum Gasteiger partial charge on any atom is 0.309 e. The van der Waals surface area contributed by atoms with Crippen LogP contribution in [0.15, 0.2) is 0 Å². The highest BCUT2D eigenvalue weighted by atomic mass is 16.5. The molecule has 0 spiro atoms. The molecule has 3 nitrogen and oxygen atoms in total. The van der Waals surface area contributed by atoms with Crippen molar-refractivity contribution in [1.29, 1.82) is 0 Å². The zero-order valence-corrected chi connectivity index (χ0v) is 12.8. The molecule has 0 aromatic rings. The van der Waals surface area contributed by atoms with E-state index in [9.17, 15) is 4.79 Å². The number of ether oxygens (including phenoxy) is 1. The van der Waals surface area contributed by atoms with Crippen LogP contribution in [-0.4, -0.2) is 36.1 Å². The lowest BCUT2D eigenvalue weighted by atomic mass is 9.81. The van der Waals surface area contributed by atoms with Gasteiger partial charge in [-0.3, -0.25) is 9.69 Å². The molecule has 0 aromatic carbocycles. The van der Waals surface area contributed by atoms with Crippen molar-refractivity contribution in [1.82, 2.24) is 4.90 Å². The minimum Gasteiger partial charge on any atom is -0.469 e. The fraction of sp³-hybridized carbons (Fsp3) is 0.933. The summed E-state index contributed by atoms with van der Waals surface area (Å²) in [4.78, 5) is 14.4. The number of carbonyl (C=O) groups excluding carboxylic acids is 1. The number of rotatable bonds is 1. The summed E-state index contributed by atoms with van der Waals surface area (Å²) in [7, 11) is 1.50. The summed E-state index contributed by atoms with van der Waals surface area (Å²) in [6.45, 7) is 14.7. The van der Waals surface area contributed by atoms with Gasteiger partial charge in [0.1, 0.15) is 0 Å². The summed E-state index contributed by atoms with van der Waals surface area (Å²) in [5.41, 5.74) is 0.376. The summed E-state index contributed by atoms with van der Waals surface area (Å²) in [5, 5.41) is 0. The summed E-state index contributed by atoms with van der Waals surface area (Å²) in [5.74, 6) is 1.16. The van der Waals surface area contributed by atoms with Gasteiger partial charge in [0.25, 0.3) is 0 Å². The van der Waals surface area contributed by atoms with E-state index in [0.29, 0.717) is 17.9 Å². The number of carbonyl (C=O) groups is 1. The second-order valence-electron chi connectivity index (χ2n) is 7.92. The van der Waals surface area contributed by atoms with E-state index in [-0.39, 0.29) is 22.8 Å². The number of hydrogen-bond donors (Lipinski definition) is 0. The van der Waals surface area contributed by atoms with Gasteiger partial charge in [0.2, 0.25) is 0 Å². The van der Waals surface area contributed by atoms with Crippen LogP contribution in [-0.2, 0) is 9.53 Å². The number of methoxy groups -OCH3 is 1. The van der Waals surface area contributed by atoms with Crippen molar-refractivity contribution in [2.75, 3.05) is 13.7 Å². The maximum absolute atomic E-state index is 11.8. The Balaban J connectivity index is 2.21. The summed E-state index contributed by atoms with van der Waals surface area (Å²) in [6.07, 6.45) is 0. The van der Waals surface area contributed by atoms with Crippen LogP contribution < -0.4 is 0 Å². The molecule has 4 atom stereocenters. The Morgan fingerprint density at radius 1 is 1.17 bits per heavy atom. The predicted molar refractivity (Wildman–Crippen MR) is 72.2 cm³/mol. The van der Waals surface area contributed by atoms with Gasteiger partial charge in [-0.05, 0) is 38.0 Å². The Labute approximate surface area is 111 Å². The van der Waals surface area contributed by atoms with Gasteiger partial charge >= 0.3 is 5.97 Å². The van der Waals surface area contributed by atoms with Crippen LogP contribution in [0.5, 0.6) is 0 Å². The standard InChI is InChI=1S/C15H27NO2/c1-14(2,3)12-10-9(11(10)13(17)18-7)8-16(12)15(4,5)6/h9-12H,8H2,1-7H3/t9-,10+,11+,12?/m1/s1. The number of fused-ring (bicyclic) bond motifs is 1. The highest BCUT2D eigenvalue weighted by Gasteiger charge is 2.67. The monoisotopic (exact) mass is 253 g/mol. The molecule has 2 rings (SSSR count). The Kier molecular flexibility index (Phi) is 3.05. The molecule has 0 aromatic heterocycles. The maximum atomic E-state index is 11.8. The third kappa shape index (κ3) is 2.07. The minimum atomic E-state index is -0.00666. The molecule has 1 unspecified atom stereocenters. The fourth-order valence-electron chi connectivity index (χ4n) is 3.82. The van der Waals surface area contributed by atoms with Crippen LogP contribution in [0, 0.1) is 23.2 Å². The molecule has 1 heterocycles. The van der Waals surface area contributed by atoms with E-state index in [1.807, 2.05) is 0 Å². The van der Waals surface area contributed by atoms with Gasteiger partial charge < -0.3 is 4.74 Å². The predicted octanol–water partition coefficient (Wildman–Crippen LogP) is 2.55. The zero-order valence-electron chi connectivity index (χ0n) is 12.8. The second kappa shape index (κ2) is 3.96. The molecule has 2 fully saturated rings. The quantitative estimate of drug-likeness (QED) is 0.673. The van der Waals surface area contributed by atoms with Crippen LogP contribution in [0.1, 0.15) is 41.5 Å². The summed E-state index contributed by atoms with van der Waals surface area (Å²) < 4.78 is 4.93. The van der Waals surface area contributed by atoms with Crippen LogP contribution in [0.25, 0.3) is 0 Å². The number of esters is 1. The van der Waals surface area contributed by atoms with Crippen LogP contribution in [0.2, 0.25) is 0 Å². The van der Waals surface area contributed by atoms with Gasteiger partial charge in [-0.2, -0.15) is 0 Å². The third-order valence-corrected chi connectivity index (χ3v) is 4.56. The van der Waals surface area contributed by atoms with Gasteiger partial charge in [0.15, 0.2) is 0 Å². The van der Waals surface area contributed by atoms with Crippen molar-refractivity contribution in [3.63, 3.8) is 0 Å². The molecule has 1 aliphatic carbocycles. The van der Waals surface area contributed by atoms with Gasteiger partial charge in [-0.25, -0.2) is 0 Å². The Bertz CT molecular complexity index is 350. The Hall–Kier alpha value is -0.570. The topological polar surface area (TPSA) is 29.5 Å². The molecule has 1 saturated heterocycles. The van der Waals surface area contributed by atoms with Gasteiger partial charge in [-0.15, -0.1) is 0 Å². The number of likely N-dealkylation sites (tertiary alicyclic amines) is 1. The second-order valence-corrected chi connectivity index (χ2v) is 7.92. The van der Waals surface area contributed by atoms with E-state index in [4.69, 9.17) is 4.74 Å². The molecule has 104 valence electrons. The molecule has 0 radical (unpaired) electrons. The van der Waals surface area contributed by atoms with E-state index in [1.165, 1.54) is 7.11 Å². The molecule has 0 bridgehead atoms. The number of nitrogens with zero attached hydrogens (tertiary/aromatic N) is 1. The van der Waals surface area contributed by atoms with Crippen molar-refractivity contribution in [3.05, 3.63) is 0 Å². The van der Waals surface area contributed by atoms with E-state index in [0.717, 1.165) is 6.54 Å². The van der Waals surface area contributed by atoms with Crippen molar-refractivity contribution >= 4 is 5.97 Å². The fourth-order valence-corrected chi connectivity index (χ4v) is 3.82. The smallest absolute Gasteiger partial charge is 0.309 e. The van der Waals surface area contributed by atoms with Crippen molar-refractivity contribution < 1.29 is 9.53 Å². The highest BCUT2D eigenvalue weighted by molar-refractivity contribution is 5.77. The lowest BCUT2D eigenvalue weighted by Gasteiger charge is -2.45. The van der Waals surface area contributed by atoms with Crippen molar-refractivity contribution in [3.8, 4) is 0 Å². The van der Waals surface area contributed by atoms with E-state index >= 15 is 0 Å². The number of hydrogen-bond acceptors (Lipinski definition) is 3. The molecular formula is C15H27NO2. The van der Waals surface area contributed by atoms with Gasteiger partial charge in [-0.1, -0.05) is 20.8 Å². The Morgan fingerprint density at radius 2 is 1.72 bits per heavy atom.